The number of aliphatic hydroxyl groups excluding tert-OH is 3. The van der Waals surface area contributed by atoms with Crippen molar-refractivity contribution in [3.63, 3.8) is 0 Å². The zero-order valence-electron chi connectivity index (χ0n) is 14.6. The maximum atomic E-state index is 12.7. The number of aliphatic hydroxyl groups is 3. The van der Waals surface area contributed by atoms with Crippen LogP contribution in [0.15, 0.2) is 10.9 Å². The first-order valence-corrected chi connectivity index (χ1v) is 7.98. The SMILES string of the molecule is CCOc1cc(N([O])C(C)(C)C)n([C@@H]2O[C@H](CO)[C@@H](O)[C@H]2O)c(=O)n1. The Bertz CT molecular complexity index is 658. The summed E-state index contributed by atoms with van der Waals surface area (Å²) in [5, 5.41) is 42.6. The van der Waals surface area contributed by atoms with Gasteiger partial charge in [0.25, 0.3) is 0 Å². The Hall–Kier alpha value is -1.72. The van der Waals surface area contributed by atoms with Gasteiger partial charge in [0, 0.05) is 6.07 Å². The van der Waals surface area contributed by atoms with E-state index in [-0.39, 0.29) is 18.3 Å². The van der Waals surface area contributed by atoms with Gasteiger partial charge < -0.3 is 24.8 Å². The van der Waals surface area contributed by atoms with Crippen molar-refractivity contribution in [2.75, 3.05) is 18.3 Å². The highest BCUT2D eigenvalue weighted by Gasteiger charge is 2.45. The first kappa shape index (κ1) is 19.6. The molecule has 4 atom stereocenters. The first-order chi connectivity index (χ1) is 11.6. The predicted molar refractivity (Wildman–Crippen MR) is 85.6 cm³/mol. The zero-order valence-corrected chi connectivity index (χ0v) is 14.6. The molecule has 0 aliphatic carbocycles. The second-order valence-electron chi connectivity index (χ2n) is 6.73. The van der Waals surface area contributed by atoms with Crippen molar-refractivity contribution in [1.29, 1.82) is 0 Å². The second-order valence-corrected chi connectivity index (χ2v) is 6.73. The van der Waals surface area contributed by atoms with E-state index < -0.39 is 42.4 Å². The molecule has 3 N–H and O–H groups in total. The standard InChI is InChI=1S/C15H24N3O7/c1-5-24-9-6-10(18(23)15(2,3)4)17(14(22)16-9)13-12(21)11(20)8(7-19)25-13/h6,8,11-13,19-21H,5,7H2,1-4H3/t8-,11-,12-,13-/m1/s1. The number of hydroxylamine groups is 1. The van der Waals surface area contributed by atoms with Crippen LogP contribution < -0.4 is 15.5 Å². The van der Waals surface area contributed by atoms with Crippen molar-refractivity contribution < 1.29 is 30.0 Å². The lowest BCUT2D eigenvalue weighted by atomic mass is 10.1. The molecule has 0 unspecified atom stereocenters. The lowest BCUT2D eigenvalue weighted by molar-refractivity contribution is -0.0566. The Labute approximate surface area is 144 Å². The van der Waals surface area contributed by atoms with Gasteiger partial charge in [-0.2, -0.15) is 10.0 Å². The molecule has 25 heavy (non-hydrogen) atoms. The van der Waals surface area contributed by atoms with Crippen LogP contribution >= 0.6 is 0 Å². The minimum absolute atomic E-state index is 0.0319. The fraction of sp³-hybridized carbons (Fsp3) is 0.733. The molecule has 1 aromatic heterocycles. The summed E-state index contributed by atoms with van der Waals surface area (Å²) in [5.74, 6) is -0.165. The summed E-state index contributed by atoms with van der Waals surface area (Å²) < 4.78 is 11.5. The van der Waals surface area contributed by atoms with Crippen LogP contribution in [0.4, 0.5) is 5.82 Å². The van der Waals surface area contributed by atoms with Crippen molar-refractivity contribution in [2.24, 2.45) is 0 Å². The number of rotatable bonds is 5. The molecule has 141 valence electrons. The predicted octanol–water partition coefficient (Wildman–Crippen LogP) is -0.796. The summed E-state index contributed by atoms with van der Waals surface area (Å²) in [5.41, 5.74) is -1.78. The van der Waals surface area contributed by atoms with E-state index in [9.17, 15) is 25.3 Å². The van der Waals surface area contributed by atoms with Crippen LogP contribution in [0.3, 0.4) is 0 Å². The summed E-state index contributed by atoms with van der Waals surface area (Å²) in [6.45, 7) is 6.34. The normalized spacial score (nSPS) is 26.7. The molecule has 0 saturated carbocycles. The number of hydrogen-bond donors (Lipinski definition) is 3. The molecule has 0 spiro atoms. The van der Waals surface area contributed by atoms with Crippen LogP contribution in [0, 0.1) is 0 Å². The highest BCUT2D eigenvalue weighted by molar-refractivity contribution is 5.42. The summed E-state index contributed by atoms with van der Waals surface area (Å²) in [7, 11) is 0. The molecule has 1 radical (unpaired) electrons. The average Bonchev–Trinajstić information content (AvgIpc) is 2.81. The highest BCUT2D eigenvalue weighted by atomic mass is 16.6. The molecule has 10 heteroatoms. The van der Waals surface area contributed by atoms with Gasteiger partial charge in [0.1, 0.15) is 24.1 Å². The van der Waals surface area contributed by atoms with Crippen LogP contribution in [-0.2, 0) is 9.94 Å². The Balaban J connectivity index is 2.58. The van der Waals surface area contributed by atoms with Gasteiger partial charge >= 0.3 is 5.69 Å². The maximum Gasteiger partial charge on any atom is 0.354 e. The third-order valence-corrected chi connectivity index (χ3v) is 3.79. The van der Waals surface area contributed by atoms with Gasteiger partial charge in [0.2, 0.25) is 5.88 Å². The maximum absolute atomic E-state index is 12.7. The first-order valence-electron chi connectivity index (χ1n) is 7.98. The zero-order chi connectivity index (χ0) is 18.9. The van der Waals surface area contributed by atoms with Gasteiger partial charge in [-0.05, 0) is 27.7 Å². The number of anilines is 1. The third-order valence-electron chi connectivity index (χ3n) is 3.79. The molecule has 0 aromatic carbocycles. The van der Waals surface area contributed by atoms with E-state index in [2.05, 4.69) is 4.98 Å². The van der Waals surface area contributed by atoms with Crippen molar-refractivity contribution >= 4 is 5.82 Å². The molecule has 10 nitrogen and oxygen atoms in total. The smallest absolute Gasteiger partial charge is 0.354 e. The average molecular weight is 358 g/mol. The molecule has 1 aliphatic heterocycles. The van der Waals surface area contributed by atoms with Crippen molar-refractivity contribution in [3.05, 3.63) is 16.6 Å². The second kappa shape index (κ2) is 7.26. The van der Waals surface area contributed by atoms with Gasteiger partial charge in [-0.25, -0.2) is 9.36 Å². The van der Waals surface area contributed by atoms with Crippen LogP contribution in [0.1, 0.15) is 33.9 Å². The van der Waals surface area contributed by atoms with Crippen molar-refractivity contribution in [1.82, 2.24) is 9.55 Å². The molecule has 1 aliphatic rings. The van der Waals surface area contributed by atoms with Gasteiger partial charge in [-0.15, -0.1) is 0 Å². The van der Waals surface area contributed by atoms with Crippen molar-refractivity contribution in [3.8, 4) is 5.88 Å². The van der Waals surface area contributed by atoms with E-state index in [0.717, 1.165) is 4.57 Å². The summed E-state index contributed by atoms with van der Waals surface area (Å²) in [6, 6.07) is 1.28. The van der Waals surface area contributed by atoms with E-state index in [1.165, 1.54) is 6.07 Å². The van der Waals surface area contributed by atoms with Crippen LogP contribution in [-0.4, -0.2) is 61.9 Å². The van der Waals surface area contributed by atoms with E-state index in [1.807, 2.05) is 0 Å². The molecule has 2 rings (SSSR count). The molecular weight excluding hydrogens is 334 g/mol. The largest absolute Gasteiger partial charge is 0.478 e. The van der Waals surface area contributed by atoms with Gasteiger partial charge in [-0.1, -0.05) is 5.21 Å². The molecule has 2 heterocycles. The van der Waals surface area contributed by atoms with Crippen LogP contribution in [0.25, 0.3) is 0 Å². The summed E-state index contributed by atoms with van der Waals surface area (Å²) in [6.07, 6.45) is -5.37. The van der Waals surface area contributed by atoms with Gasteiger partial charge in [-0.3, -0.25) is 0 Å². The van der Waals surface area contributed by atoms with Crippen molar-refractivity contribution in [2.45, 2.75) is 57.8 Å². The number of ether oxygens (including phenoxy) is 2. The van der Waals surface area contributed by atoms with E-state index in [0.29, 0.717) is 5.06 Å². The third kappa shape index (κ3) is 3.77. The quantitative estimate of drug-likeness (QED) is 0.582. The summed E-state index contributed by atoms with van der Waals surface area (Å²) in [4.78, 5) is 16.2. The Morgan fingerprint density at radius 2 is 2.00 bits per heavy atom. The monoisotopic (exact) mass is 358 g/mol. The Morgan fingerprint density at radius 1 is 1.36 bits per heavy atom. The van der Waals surface area contributed by atoms with Gasteiger partial charge in [0.15, 0.2) is 6.23 Å². The molecule has 1 saturated heterocycles. The minimum Gasteiger partial charge on any atom is -0.478 e. The summed E-state index contributed by atoms with van der Waals surface area (Å²) >= 11 is 0. The van der Waals surface area contributed by atoms with Crippen LogP contribution in [0.5, 0.6) is 5.88 Å². The molecule has 1 aromatic rings. The number of aromatic nitrogens is 2. The number of nitrogens with zero attached hydrogens (tertiary/aromatic N) is 3. The molecule has 0 bridgehead atoms. The van der Waals surface area contributed by atoms with E-state index in [1.54, 1.807) is 27.7 Å². The minimum atomic E-state index is -1.51. The lowest BCUT2D eigenvalue weighted by Crippen LogP contribution is -2.44. The molecular formula is C15H24N3O7. The fourth-order valence-corrected chi connectivity index (χ4v) is 2.51. The van der Waals surface area contributed by atoms with Gasteiger partial charge in [0.05, 0.1) is 18.8 Å². The van der Waals surface area contributed by atoms with E-state index in [4.69, 9.17) is 9.47 Å². The van der Waals surface area contributed by atoms with E-state index >= 15 is 0 Å². The Kier molecular flexibility index (Phi) is 5.69. The fourth-order valence-electron chi connectivity index (χ4n) is 2.51. The topological polar surface area (TPSA) is 137 Å². The van der Waals surface area contributed by atoms with Crippen LogP contribution in [0.2, 0.25) is 0 Å². The molecule has 0 amide bonds. The Morgan fingerprint density at radius 3 is 2.48 bits per heavy atom. The molecule has 1 fully saturated rings. The highest BCUT2D eigenvalue weighted by Crippen LogP contribution is 2.33. The lowest BCUT2D eigenvalue weighted by Gasteiger charge is -2.32. The number of hydrogen-bond acceptors (Lipinski definition) is 8.